The first-order valence-electron chi connectivity index (χ1n) is 9.94. The summed E-state index contributed by atoms with van der Waals surface area (Å²) in [6, 6.07) is 18.0. The highest BCUT2D eigenvalue weighted by Gasteiger charge is 2.17. The van der Waals surface area contributed by atoms with Crippen LogP contribution in [0.2, 0.25) is 0 Å². The Balaban J connectivity index is 1.55. The molecule has 3 aromatic rings. The van der Waals surface area contributed by atoms with Gasteiger partial charge in [-0.15, -0.1) is 0 Å². The monoisotopic (exact) mass is 374 g/mol. The summed E-state index contributed by atoms with van der Waals surface area (Å²) in [7, 11) is 0. The minimum Gasteiger partial charge on any atom is -0.366 e. The minimum atomic E-state index is -0.395. The normalized spacial score (nSPS) is 14.4. The van der Waals surface area contributed by atoms with Crippen molar-refractivity contribution in [3.05, 3.63) is 71.3 Å². The van der Waals surface area contributed by atoms with Crippen LogP contribution in [0.15, 0.2) is 54.6 Å². The standard InChI is InChI=1S/C23H26N4O/c24-22(28)19-9-6-7-17(13-19)15-25-16-20-14-18-8-2-3-10-21(18)26-23(20)27-11-4-1-5-12-27/h2-3,6-10,13-14,25H,1,4-5,11-12,15-16H2,(H2,24,28). The quantitative estimate of drug-likeness (QED) is 0.691. The van der Waals surface area contributed by atoms with Crippen LogP contribution < -0.4 is 16.0 Å². The number of anilines is 1. The summed E-state index contributed by atoms with van der Waals surface area (Å²) in [6.45, 7) is 3.54. The van der Waals surface area contributed by atoms with E-state index in [-0.39, 0.29) is 0 Å². The highest BCUT2D eigenvalue weighted by molar-refractivity contribution is 5.92. The van der Waals surface area contributed by atoms with Crippen molar-refractivity contribution in [3.8, 4) is 0 Å². The van der Waals surface area contributed by atoms with Gasteiger partial charge >= 0.3 is 0 Å². The fourth-order valence-corrected chi connectivity index (χ4v) is 3.84. The highest BCUT2D eigenvalue weighted by atomic mass is 16.1. The Morgan fingerprint density at radius 3 is 2.64 bits per heavy atom. The summed E-state index contributed by atoms with van der Waals surface area (Å²) in [5.41, 5.74) is 9.23. The average Bonchev–Trinajstić information content (AvgIpc) is 2.74. The number of hydrogen-bond acceptors (Lipinski definition) is 4. The molecule has 144 valence electrons. The molecule has 1 aliphatic rings. The number of rotatable bonds is 6. The Hall–Kier alpha value is -2.92. The predicted octanol–water partition coefficient (Wildman–Crippen LogP) is 3.61. The zero-order chi connectivity index (χ0) is 19.3. The molecule has 3 N–H and O–H groups in total. The molecule has 0 atom stereocenters. The topological polar surface area (TPSA) is 71.2 Å². The molecule has 0 aliphatic carbocycles. The number of nitrogens with one attached hydrogen (secondary N) is 1. The van der Waals surface area contributed by atoms with Gasteiger partial charge in [-0.2, -0.15) is 0 Å². The third-order valence-electron chi connectivity index (χ3n) is 5.29. The fourth-order valence-electron chi connectivity index (χ4n) is 3.84. The van der Waals surface area contributed by atoms with Crippen molar-refractivity contribution < 1.29 is 4.79 Å². The molecule has 5 nitrogen and oxygen atoms in total. The van der Waals surface area contributed by atoms with E-state index >= 15 is 0 Å². The molecule has 0 unspecified atom stereocenters. The van der Waals surface area contributed by atoms with Crippen molar-refractivity contribution in [1.82, 2.24) is 10.3 Å². The lowest BCUT2D eigenvalue weighted by Crippen LogP contribution is -2.31. The van der Waals surface area contributed by atoms with Crippen molar-refractivity contribution in [1.29, 1.82) is 0 Å². The summed E-state index contributed by atoms with van der Waals surface area (Å²) >= 11 is 0. The maximum atomic E-state index is 11.4. The van der Waals surface area contributed by atoms with Gasteiger partial charge in [-0.05, 0) is 49.1 Å². The summed E-state index contributed by atoms with van der Waals surface area (Å²) in [4.78, 5) is 18.8. The SMILES string of the molecule is NC(=O)c1cccc(CNCc2cc3ccccc3nc2N2CCCCC2)c1. The van der Waals surface area contributed by atoms with Crippen molar-refractivity contribution >= 4 is 22.6 Å². The summed E-state index contributed by atoms with van der Waals surface area (Å²) in [5, 5.41) is 4.67. The zero-order valence-electron chi connectivity index (χ0n) is 16.0. The molecule has 0 bridgehead atoms. The molecular formula is C23H26N4O. The molecule has 1 aliphatic heterocycles. The molecule has 0 spiro atoms. The van der Waals surface area contributed by atoms with Crippen LogP contribution in [0.1, 0.15) is 40.7 Å². The third kappa shape index (κ3) is 4.15. The van der Waals surface area contributed by atoms with Crippen molar-refractivity contribution in [2.45, 2.75) is 32.4 Å². The number of hydrogen-bond donors (Lipinski definition) is 2. The van der Waals surface area contributed by atoms with Crippen molar-refractivity contribution in [2.75, 3.05) is 18.0 Å². The van der Waals surface area contributed by atoms with Crippen LogP contribution in [0.3, 0.4) is 0 Å². The summed E-state index contributed by atoms with van der Waals surface area (Å²) in [5.74, 6) is 0.699. The number of benzene rings is 2. The predicted molar refractivity (Wildman–Crippen MR) is 113 cm³/mol. The van der Waals surface area contributed by atoms with Crippen LogP contribution in [0.25, 0.3) is 10.9 Å². The number of amides is 1. The molecule has 1 saturated heterocycles. The second-order valence-electron chi connectivity index (χ2n) is 7.38. The van der Waals surface area contributed by atoms with Crippen LogP contribution in [0, 0.1) is 0 Å². The molecular weight excluding hydrogens is 348 g/mol. The molecule has 5 heteroatoms. The first kappa shape index (κ1) is 18.4. The van der Waals surface area contributed by atoms with E-state index in [2.05, 4.69) is 34.5 Å². The Bertz CT molecular complexity index is 979. The second kappa shape index (κ2) is 8.40. The zero-order valence-corrected chi connectivity index (χ0v) is 16.0. The number of nitrogens with two attached hydrogens (primary N) is 1. The Morgan fingerprint density at radius 1 is 1.00 bits per heavy atom. The molecule has 4 rings (SSSR count). The maximum absolute atomic E-state index is 11.4. The van der Waals surface area contributed by atoms with Gasteiger partial charge in [0.1, 0.15) is 5.82 Å². The lowest BCUT2D eigenvalue weighted by molar-refractivity contribution is 0.1000. The van der Waals surface area contributed by atoms with Gasteiger partial charge in [-0.3, -0.25) is 4.79 Å². The van der Waals surface area contributed by atoms with Crippen molar-refractivity contribution in [2.24, 2.45) is 5.73 Å². The Kier molecular flexibility index (Phi) is 5.53. The summed E-state index contributed by atoms with van der Waals surface area (Å²) in [6.07, 6.45) is 3.75. The van der Waals surface area contributed by atoms with E-state index in [1.54, 1.807) is 6.07 Å². The molecule has 1 fully saturated rings. The lowest BCUT2D eigenvalue weighted by Gasteiger charge is -2.30. The average molecular weight is 374 g/mol. The molecule has 0 saturated carbocycles. The van der Waals surface area contributed by atoms with Crippen LogP contribution in [-0.2, 0) is 13.1 Å². The van der Waals surface area contributed by atoms with Crippen LogP contribution in [-0.4, -0.2) is 24.0 Å². The van der Waals surface area contributed by atoms with Gasteiger partial charge in [0.05, 0.1) is 5.52 Å². The Morgan fingerprint density at radius 2 is 1.82 bits per heavy atom. The van der Waals surface area contributed by atoms with Gasteiger partial charge in [0.2, 0.25) is 5.91 Å². The molecule has 2 aromatic carbocycles. The number of para-hydroxylation sites is 1. The molecule has 2 heterocycles. The van der Waals surface area contributed by atoms with Gasteiger partial charge in [0.25, 0.3) is 0 Å². The maximum Gasteiger partial charge on any atom is 0.248 e. The van der Waals surface area contributed by atoms with Gasteiger partial charge < -0.3 is 16.0 Å². The first-order chi connectivity index (χ1) is 13.7. The number of nitrogens with zero attached hydrogens (tertiary/aromatic N) is 2. The van der Waals surface area contributed by atoms with Crippen LogP contribution >= 0.6 is 0 Å². The van der Waals surface area contributed by atoms with E-state index in [1.807, 2.05) is 24.3 Å². The number of pyridine rings is 1. The number of piperidine rings is 1. The van der Waals surface area contributed by atoms with E-state index in [1.165, 1.54) is 24.8 Å². The van der Waals surface area contributed by atoms with E-state index < -0.39 is 5.91 Å². The van der Waals surface area contributed by atoms with Gasteiger partial charge in [-0.25, -0.2) is 4.98 Å². The number of fused-ring (bicyclic) bond motifs is 1. The third-order valence-corrected chi connectivity index (χ3v) is 5.29. The number of aromatic nitrogens is 1. The molecule has 28 heavy (non-hydrogen) atoms. The number of carbonyl (C=O) groups excluding carboxylic acids is 1. The van der Waals surface area contributed by atoms with Gasteiger partial charge in [-0.1, -0.05) is 30.3 Å². The number of primary amides is 1. The number of carbonyl (C=O) groups is 1. The van der Waals surface area contributed by atoms with Gasteiger partial charge in [0.15, 0.2) is 0 Å². The van der Waals surface area contributed by atoms with E-state index in [0.29, 0.717) is 12.1 Å². The van der Waals surface area contributed by atoms with Crippen LogP contribution in [0.4, 0.5) is 5.82 Å². The second-order valence-corrected chi connectivity index (χ2v) is 7.38. The van der Waals surface area contributed by atoms with Crippen molar-refractivity contribution in [3.63, 3.8) is 0 Å². The largest absolute Gasteiger partial charge is 0.366 e. The summed E-state index contributed by atoms with van der Waals surface area (Å²) < 4.78 is 0. The molecule has 1 amide bonds. The minimum absolute atomic E-state index is 0.395. The molecule has 0 radical (unpaired) electrons. The molecule has 1 aromatic heterocycles. The first-order valence-corrected chi connectivity index (χ1v) is 9.94. The van der Waals surface area contributed by atoms with E-state index in [4.69, 9.17) is 10.7 Å². The highest BCUT2D eigenvalue weighted by Crippen LogP contribution is 2.26. The van der Waals surface area contributed by atoms with Gasteiger partial charge in [0, 0.05) is 42.7 Å². The lowest BCUT2D eigenvalue weighted by atomic mass is 10.1. The Labute approximate surface area is 165 Å². The van der Waals surface area contributed by atoms with E-state index in [9.17, 15) is 4.79 Å². The van der Waals surface area contributed by atoms with Crippen LogP contribution in [0.5, 0.6) is 0 Å². The smallest absolute Gasteiger partial charge is 0.248 e. The van der Waals surface area contributed by atoms with E-state index in [0.717, 1.165) is 41.9 Å². The fraction of sp³-hybridized carbons (Fsp3) is 0.304.